The van der Waals surface area contributed by atoms with E-state index in [4.69, 9.17) is 0 Å². The van der Waals surface area contributed by atoms with Gasteiger partial charge in [0.05, 0.1) is 11.7 Å². The minimum atomic E-state index is 0.292. The lowest BCUT2D eigenvalue weighted by Crippen LogP contribution is -2.26. The summed E-state index contributed by atoms with van der Waals surface area (Å²) in [6, 6.07) is 2.35. The Labute approximate surface area is 113 Å². The molecule has 1 aliphatic rings. The number of likely N-dealkylation sites (tertiary alicyclic amines) is 1. The van der Waals surface area contributed by atoms with Crippen molar-refractivity contribution >= 4 is 0 Å². The van der Waals surface area contributed by atoms with Crippen LogP contribution in [0.4, 0.5) is 0 Å². The van der Waals surface area contributed by atoms with Crippen LogP contribution in [0.25, 0.3) is 5.82 Å². The summed E-state index contributed by atoms with van der Waals surface area (Å²) in [5.41, 5.74) is 1.01. The third kappa shape index (κ3) is 2.16. The molecular formula is C13H20N6. The number of nitrogens with zero attached hydrogens (tertiary/aromatic N) is 6. The second-order valence-electron chi connectivity index (χ2n) is 5.25. The number of aryl methyl sites for hydroxylation is 2. The Hall–Kier alpha value is -1.69. The van der Waals surface area contributed by atoms with E-state index in [9.17, 15) is 0 Å². The molecule has 0 spiro atoms. The van der Waals surface area contributed by atoms with Crippen molar-refractivity contribution in [1.29, 1.82) is 0 Å². The van der Waals surface area contributed by atoms with Gasteiger partial charge < -0.3 is 0 Å². The molecule has 3 rings (SSSR count). The van der Waals surface area contributed by atoms with Crippen molar-refractivity contribution in [2.24, 2.45) is 7.05 Å². The Kier molecular flexibility index (Phi) is 3.10. The highest BCUT2D eigenvalue weighted by atomic mass is 15.4. The van der Waals surface area contributed by atoms with Crippen LogP contribution in [0.5, 0.6) is 0 Å². The van der Waals surface area contributed by atoms with Gasteiger partial charge in [0, 0.05) is 13.1 Å². The first-order chi connectivity index (χ1) is 9.16. The maximum absolute atomic E-state index is 4.39. The summed E-state index contributed by atoms with van der Waals surface area (Å²) in [5, 5.41) is 12.8. The highest BCUT2D eigenvalue weighted by molar-refractivity contribution is 5.27. The van der Waals surface area contributed by atoms with Crippen molar-refractivity contribution in [3.63, 3.8) is 0 Å². The second kappa shape index (κ2) is 4.77. The first-order valence-electron chi connectivity index (χ1n) is 6.82. The van der Waals surface area contributed by atoms with Crippen molar-refractivity contribution < 1.29 is 0 Å². The SMILES string of the molecule is Cc1cc(-n2cnnc2[C@H](C)N2CCCC2)n(C)n1. The summed E-state index contributed by atoms with van der Waals surface area (Å²) < 4.78 is 3.92. The molecule has 0 unspecified atom stereocenters. The van der Waals surface area contributed by atoms with Gasteiger partial charge in [-0.15, -0.1) is 10.2 Å². The second-order valence-corrected chi connectivity index (χ2v) is 5.25. The largest absolute Gasteiger partial charge is 0.294 e. The van der Waals surface area contributed by atoms with Crippen LogP contribution in [-0.2, 0) is 7.05 Å². The maximum Gasteiger partial charge on any atom is 0.155 e. The van der Waals surface area contributed by atoms with Crippen LogP contribution in [0.2, 0.25) is 0 Å². The number of hydrogen-bond donors (Lipinski definition) is 0. The van der Waals surface area contributed by atoms with Gasteiger partial charge in [0.25, 0.3) is 0 Å². The van der Waals surface area contributed by atoms with Crippen LogP contribution in [0.3, 0.4) is 0 Å². The Bertz CT molecular complexity index is 563. The van der Waals surface area contributed by atoms with Gasteiger partial charge in [-0.2, -0.15) is 5.10 Å². The van der Waals surface area contributed by atoms with Crippen LogP contribution < -0.4 is 0 Å². The van der Waals surface area contributed by atoms with E-state index in [2.05, 4.69) is 33.2 Å². The van der Waals surface area contributed by atoms with Crippen LogP contribution in [0, 0.1) is 6.92 Å². The molecule has 0 amide bonds. The molecule has 1 atom stereocenters. The molecule has 1 aliphatic heterocycles. The summed E-state index contributed by atoms with van der Waals surface area (Å²) in [5.74, 6) is 2.01. The summed E-state index contributed by atoms with van der Waals surface area (Å²) in [7, 11) is 1.95. The molecule has 2 aromatic rings. The van der Waals surface area contributed by atoms with Crippen LogP contribution in [-0.4, -0.2) is 42.5 Å². The number of rotatable bonds is 3. The van der Waals surface area contributed by atoms with E-state index in [1.807, 2.05) is 23.2 Å². The lowest BCUT2D eigenvalue weighted by atomic mass is 10.2. The third-order valence-corrected chi connectivity index (χ3v) is 3.86. The molecule has 0 bridgehead atoms. The molecule has 0 saturated carbocycles. The Morgan fingerprint density at radius 1 is 1.26 bits per heavy atom. The van der Waals surface area contributed by atoms with Crippen molar-refractivity contribution in [3.05, 3.63) is 23.9 Å². The molecule has 6 heteroatoms. The van der Waals surface area contributed by atoms with Crippen molar-refractivity contribution in [2.45, 2.75) is 32.7 Å². The highest BCUT2D eigenvalue weighted by Gasteiger charge is 2.24. The van der Waals surface area contributed by atoms with E-state index in [0.717, 1.165) is 30.4 Å². The first kappa shape index (κ1) is 12.3. The summed E-state index contributed by atoms with van der Waals surface area (Å²) >= 11 is 0. The number of aromatic nitrogens is 5. The van der Waals surface area contributed by atoms with Crippen molar-refractivity contribution in [1.82, 2.24) is 29.4 Å². The van der Waals surface area contributed by atoms with Crippen molar-refractivity contribution in [2.75, 3.05) is 13.1 Å². The summed E-state index contributed by atoms with van der Waals surface area (Å²) in [6.45, 7) is 6.50. The van der Waals surface area contributed by atoms with E-state index < -0.39 is 0 Å². The lowest BCUT2D eigenvalue weighted by Gasteiger charge is -2.23. The molecule has 3 heterocycles. The van der Waals surface area contributed by atoms with E-state index in [1.54, 1.807) is 6.33 Å². The van der Waals surface area contributed by atoms with E-state index in [-0.39, 0.29) is 0 Å². The molecule has 19 heavy (non-hydrogen) atoms. The minimum absolute atomic E-state index is 0.292. The van der Waals surface area contributed by atoms with Gasteiger partial charge in [0.15, 0.2) is 5.82 Å². The Balaban J connectivity index is 1.95. The zero-order valence-corrected chi connectivity index (χ0v) is 11.7. The van der Waals surface area contributed by atoms with Gasteiger partial charge in [0.2, 0.25) is 0 Å². The molecule has 102 valence electrons. The standard InChI is InChI=1S/C13H20N6/c1-10-8-12(17(3)16-10)19-9-14-15-13(19)11(2)18-6-4-5-7-18/h8-9,11H,4-7H2,1-3H3/t11-/m0/s1. The van der Waals surface area contributed by atoms with Crippen LogP contribution in [0.1, 0.15) is 37.3 Å². The van der Waals surface area contributed by atoms with Crippen molar-refractivity contribution in [3.8, 4) is 5.82 Å². The Morgan fingerprint density at radius 2 is 2.00 bits per heavy atom. The molecular weight excluding hydrogens is 240 g/mol. The normalized spacial score (nSPS) is 18.1. The first-order valence-corrected chi connectivity index (χ1v) is 6.82. The van der Waals surface area contributed by atoms with Gasteiger partial charge in [-0.1, -0.05) is 0 Å². The molecule has 2 aromatic heterocycles. The van der Waals surface area contributed by atoms with Crippen LogP contribution in [0.15, 0.2) is 12.4 Å². The minimum Gasteiger partial charge on any atom is -0.294 e. The maximum atomic E-state index is 4.39. The Morgan fingerprint density at radius 3 is 2.63 bits per heavy atom. The predicted octanol–water partition coefficient (Wildman–Crippen LogP) is 1.47. The molecule has 0 aliphatic carbocycles. The topological polar surface area (TPSA) is 51.8 Å². The fourth-order valence-electron chi connectivity index (χ4n) is 2.82. The molecule has 0 radical (unpaired) electrons. The number of hydrogen-bond acceptors (Lipinski definition) is 4. The predicted molar refractivity (Wildman–Crippen MR) is 72.1 cm³/mol. The van der Waals surface area contributed by atoms with E-state index >= 15 is 0 Å². The highest BCUT2D eigenvalue weighted by Crippen LogP contribution is 2.24. The molecule has 6 nitrogen and oxygen atoms in total. The molecule has 1 fully saturated rings. The van der Waals surface area contributed by atoms with Gasteiger partial charge in [-0.25, -0.2) is 0 Å². The molecule has 0 aromatic carbocycles. The quantitative estimate of drug-likeness (QED) is 0.838. The van der Waals surface area contributed by atoms with E-state index in [0.29, 0.717) is 6.04 Å². The monoisotopic (exact) mass is 260 g/mol. The zero-order chi connectivity index (χ0) is 13.4. The third-order valence-electron chi connectivity index (χ3n) is 3.86. The zero-order valence-electron chi connectivity index (χ0n) is 11.7. The van der Waals surface area contributed by atoms with Gasteiger partial charge in [-0.3, -0.25) is 14.1 Å². The lowest BCUT2D eigenvalue weighted by molar-refractivity contribution is 0.250. The average molecular weight is 260 g/mol. The van der Waals surface area contributed by atoms with Gasteiger partial charge in [0.1, 0.15) is 12.1 Å². The van der Waals surface area contributed by atoms with E-state index in [1.165, 1.54) is 12.8 Å². The van der Waals surface area contributed by atoms with Crippen LogP contribution >= 0.6 is 0 Å². The fourth-order valence-corrected chi connectivity index (χ4v) is 2.82. The smallest absolute Gasteiger partial charge is 0.155 e. The summed E-state index contributed by atoms with van der Waals surface area (Å²) in [6.07, 6.45) is 4.34. The fraction of sp³-hybridized carbons (Fsp3) is 0.615. The van der Waals surface area contributed by atoms with Gasteiger partial charge >= 0.3 is 0 Å². The molecule has 0 N–H and O–H groups in total. The van der Waals surface area contributed by atoms with Gasteiger partial charge in [-0.05, 0) is 39.8 Å². The average Bonchev–Trinajstić information content (AvgIpc) is 3.08. The summed E-state index contributed by atoms with van der Waals surface area (Å²) in [4.78, 5) is 2.46. The molecule has 1 saturated heterocycles.